The molecule has 0 aliphatic carbocycles. The molecule has 162 valence electrons. The minimum Gasteiger partial charge on any atom is -0.345 e. The number of nitrogens with one attached hydrogen (secondary N) is 3. The zero-order chi connectivity index (χ0) is 22.9. The molecule has 2 amide bonds. The second kappa shape index (κ2) is 8.35. The number of aromatic amines is 1. The van der Waals surface area contributed by atoms with Gasteiger partial charge in [-0.3, -0.25) is 4.79 Å². The number of rotatable bonds is 4. The number of hydrogen-bond donors (Lipinski definition) is 3. The van der Waals surface area contributed by atoms with E-state index in [9.17, 15) is 22.8 Å². The van der Waals surface area contributed by atoms with Crippen molar-refractivity contribution in [2.45, 2.75) is 6.18 Å². The topological polar surface area (TPSA) is 86.9 Å². The molecule has 3 N–H and O–H groups in total. The van der Waals surface area contributed by atoms with E-state index in [-0.39, 0.29) is 16.5 Å². The standard InChI is InChI=1S/C22H14ClF3N4O2/c23-17-10-13(22(24,25)26)6-7-18(17)30-21(32)29-14-4-1-3-12(9-14)19(31)16-11-28-20-15(16)5-2-8-27-20/h1-11H,(H,27,28)(H2,29,30,32). The van der Waals surface area contributed by atoms with Crippen LogP contribution in [0, 0.1) is 0 Å². The number of benzene rings is 2. The van der Waals surface area contributed by atoms with Crippen molar-refractivity contribution in [3.8, 4) is 0 Å². The van der Waals surface area contributed by atoms with Crippen LogP contribution in [0.5, 0.6) is 0 Å². The van der Waals surface area contributed by atoms with Gasteiger partial charge in [0.05, 0.1) is 16.3 Å². The Morgan fingerprint density at radius 2 is 1.81 bits per heavy atom. The van der Waals surface area contributed by atoms with Gasteiger partial charge in [0, 0.05) is 34.6 Å². The summed E-state index contributed by atoms with van der Waals surface area (Å²) in [5, 5.41) is 5.34. The summed E-state index contributed by atoms with van der Waals surface area (Å²) in [6, 6.07) is 11.6. The maximum atomic E-state index is 12.9. The van der Waals surface area contributed by atoms with E-state index in [2.05, 4.69) is 20.6 Å². The molecular formula is C22H14ClF3N4O2. The third-order valence-electron chi connectivity index (χ3n) is 4.62. The molecule has 4 aromatic rings. The van der Waals surface area contributed by atoms with Gasteiger partial charge >= 0.3 is 12.2 Å². The van der Waals surface area contributed by atoms with Gasteiger partial charge in [0.25, 0.3) is 0 Å². The normalized spacial score (nSPS) is 11.4. The van der Waals surface area contributed by atoms with E-state index >= 15 is 0 Å². The van der Waals surface area contributed by atoms with E-state index in [0.717, 1.165) is 18.2 Å². The summed E-state index contributed by atoms with van der Waals surface area (Å²) in [5.41, 5.74) is 0.751. The Bertz CT molecular complexity index is 1330. The second-order valence-corrected chi connectivity index (χ2v) is 7.19. The van der Waals surface area contributed by atoms with Crippen molar-refractivity contribution in [1.29, 1.82) is 0 Å². The molecule has 2 aromatic carbocycles. The molecule has 6 nitrogen and oxygen atoms in total. The Hall–Kier alpha value is -3.85. The van der Waals surface area contributed by atoms with Crippen LogP contribution in [-0.4, -0.2) is 21.8 Å². The number of pyridine rings is 1. The molecule has 0 saturated heterocycles. The highest BCUT2D eigenvalue weighted by Gasteiger charge is 2.31. The van der Waals surface area contributed by atoms with E-state index in [4.69, 9.17) is 11.6 Å². The number of carbonyl (C=O) groups is 2. The zero-order valence-corrected chi connectivity index (χ0v) is 16.9. The van der Waals surface area contributed by atoms with Crippen LogP contribution in [-0.2, 0) is 6.18 Å². The van der Waals surface area contributed by atoms with E-state index in [1.165, 1.54) is 6.07 Å². The predicted octanol–water partition coefficient (Wildman–Crippen LogP) is 6.11. The lowest BCUT2D eigenvalue weighted by Gasteiger charge is -2.12. The number of anilines is 2. The summed E-state index contributed by atoms with van der Waals surface area (Å²) < 4.78 is 38.2. The fraction of sp³-hybridized carbons (Fsp3) is 0.0455. The third kappa shape index (κ3) is 4.42. The Kier molecular flexibility index (Phi) is 5.58. The highest BCUT2D eigenvalue weighted by Crippen LogP contribution is 2.33. The quantitative estimate of drug-likeness (QED) is 0.322. The Morgan fingerprint density at radius 1 is 1.00 bits per heavy atom. The smallest absolute Gasteiger partial charge is 0.345 e. The summed E-state index contributed by atoms with van der Waals surface area (Å²) in [4.78, 5) is 32.3. The molecule has 2 aromatic heterocycles. The van der Waals surface area contributed by atoms with Crippen molar-refractivity contribution in [2.24, 2.45) is 0 Å². The number of carbonyl (C=O) groups excluding carboxylic acids is 2. The van der Waals surface area contributed by atoms with Gasteiger partial charge in [-0.1, -0.05) is 23.7 Å². The first kappa shape index (κ1) is 21.4. The minimum atomic E-state index is -4.54. The predicted molar refractivity (Wildman–Crippen MR) is 115 cm³/mol. The molecule has 0 saturated carbocycles. The second-order valence-electron chi connectivity index (χ2n) is 6.78. The van der Waals surface area contributed by atoms with Gasteiger partial charge in [-0.05, 0) is 42.5 Å². The maximum absolute atomic E-state index is 12.9. The number of aromatic nitrogens is 2. The van der Waals surface area contributed by atoms with Crippen LogP contribution in [0.2, 0.25) is 5.02 Å². The number of fused-ring (bicyclic) bond motifs is 1. The monoisotopic (exact) mass is 458 g/mol. The first-order valence-corrected chi connectivity index (χ1v) is 9.62. The molecule has 32 heavy (non-hydrogen) atoms. The number of H-pyrrole nitrogens is 1. The summed E-state index contributed by atoms with van der Waals surface area (Å²) >= 11 is 5.86. The van der Waals surface area contributed by atoms with Gasteiger partial charge < -0.3 is 15.6 Å². The average Bonchev–Trinajstić information content (AvgIpc) is 3.18. The average molecular weight is 459 g/mol. The summed E-state index contributed by atoms with van der Waals surface area (Å²) in [5.74, 6) is -0.265. The Balaban J connectivity index is 1.49. The van der Waals surface area contributed by atoms with Crippen LogP contribution in [0.15, 0.2) is 67.0 Å². The molecule has 0 bridgehead atoms. The molecular weight excluding hydrogens is 445 g/mol. The minimum absolute atomic E-state index is 0.00990. The van der Waals surface area contributed by atoms with Crippen molar-refractivity contribution in [1.82, 2.24) is 9.97 Å². The molecule has 0 spiro atoms. The van der Waals surface area contributed by atoms with Gasteiger partial charge in [0.1, 0.15) is 5.65 Å². The van der Waals surface area contributed by atoms with Crippen LogP contribution < -0.4 is 10.6 Å². The fourth-order valence-electron chi connectivity index (χ4n) is 3.11. The molecule has 0 aliphatic rings. The maximum Gasteiger partial charge on any atom is 0.416 e. The van der Waals surface area contributed by atoms with Gasteiger partial charge in [0.15, 0.2) is 5.78 Å². The molecule has 10 heteroatoms. The first-order valence-electron chi connectivity index (χ1n) is 9.24. The van der Waals surface area contributed by atoms with Crippen LogP contribution in [0.3, 0.4) is 0 Å². The van der Waals surface area contributed by atoms with E-state index < -0.39 is 17.8 Å². The van der Waals surface area contributed by atoms with E-state index in [0.29, 0.717) is 27.8 Å². The van der Waals surface area contributed by atoms with Crippen LogP contribution in [0.1, 0.15) is 21.5 Å². The van der Waals surface area contributed by atoms with Crippen molar-refractivity contribution in [2.75, 3.05) is 10.6 Å². The highest BCUT2D eigenvalue weighted by molar-refractivity contribution is 6.33. The molecule has 0 aliphatic heterocycles. The number of ketones is 1. The van der Waals surface area contributed by atoms with Gasteiger partial charge in [-0.2, -0.15) is 13.2 Å². The largest absolute Gasteiger partial charge is 0.416 e. The van der Waals surface area contributed by atoms with Crippen LogP contribution >= 0.6 is 11.6 Å². The zero-order valence-electron chi connectivity index (χ0n) is 16.1. The summed E-state index contributed by atoms with van der Waals surface area (Å²) in [7, 11) is 0. The van der Waals surface area contributed by atoms with Crippen LogP contribution in [0.4, 0.5) is 29.3 Å². The Labute approximate surface area is 184 Å². The fourth-order valence-corrected chi connectivity index (χ4v) is 3.34. The number of nitrogens with zero attached hydrogens (tertiary/aromatic N) is 1. The lowest BCUT2D eigenvalue weighted by atomic mass is 10.0. The summed E-state index contributed by atoms with van der Waals surface area (Å²) in [6.45, 7) is 0. The highest BCUT2D eigenvalue weighted by atomic mass is 35.5. The van der Waals surface area contributed by atoms with E-state index in [1.807, 2.05) is 0 Å². The van der Waals surface area contributed by atoms with Gasteiger partial charge in [-0.25, -0.2) is 9.78 Å². The van der Waals surface area contributed by atoms with Gasteiger partial charge in [0.2, 0.25) is 0 Å². The first-order chi connectivity index (χ1) is 15.2. The lowest BCUT2D eigenvalue weighted by Crippen LogP contribution is -2.20. The molecule has 0 fully saturated rings. The summed E-state index contributed by atoms with van der Waals surface area (Å²) in [6.07, 6.45) is -1.36. The van der Waals surface area contributed by atoms with Crippen LogP contribution in [0.25, 0.3) is 11.0 Å². The number of amides is 2. The molecule has 0 radical (unpaired) electrons. The number of alkyl halides is 3. The van der Waals surface area contributed by atoms with Crippen molar-refractivity contribution >= 4 is 45.8 Å². The van der Waals surface area contributed by atoms with E-state index in [1.54, 1.807) is 42.7 Å². The van der Waals surface area contributed by atoms with Crippen molar-refractivity contribution in [3.05, 3.63) is 88.7 Å². The lowest BCUT2D eigenvalue weighted by molar-refractivity contribution is -0.137. The van der Waals surface area contributed by atoms with Crippen molar-refractivity contribution < 1.29 is 22.8 Å². The third-order valence-corrected chi connectivity index (χ3v) is 4.94. The SMILES string of the molecule is O=C(Nc1cccc(C(=O)c2c[nH]c3ncccc23)c1)Nc1ccc(C(F)(F)F)cc1Cl. The number of halogens is 4. The number of urea groups is 1. The molecule has 0 atom stereocenters. The molecule has 4 rings (SSSR count). The van der Waals surface area contributed by atoms with Gasteiger partial charge in [-0.15, -0.1) is 0 Å². The number of hydrogen-bond acceptors (Lipinski definition) is 3. The Morgan fingerprint density at radius 3 is 2.56 bits per heavy atom. The molecule has 2 heterocycles. The molecule has 0 unspecified atom stereocenters. The van der Waals surface area contributed by atoms with Crippen molar-refractivity contribution in [3.63, 3.8) is 0 Å².